The largest absolute Gasteiger partial charge is 0.508 e. The number of allylic oxidation sites excluding steroid dienone is 4. The predicted octanol–water partition coefficient (Wildman–Crippen LogP) is 5.00. The van der Waals surface area contributed by atoms with Crippen LogP contribution in [-0.4, -0.2) is 22.4 Å². The highest BCUT2D eigenvalue weighted by atomic mass is 16.5. The quantitative estimate of drug-likeness (QED) is 0.692. The van der Waals surface area contributed by atoms with E-state index in [4.69, 9.17) is 4.74 Å². The summed E-state index contributed by atoms with van der Waals surface area (Å²) in [5.41, 5.74) is 2.88. The number of phenols is 1. The molecule has 0 aromatic heterocycles. The van der Waals surface area contributed by atoms with Gasteiger partial charge in [-0.1, -0.05) is 29.4 Å². The van der Waals surface area contributed by atoms with Crippen LogP contribution >= 0.6 is 0 Å². The van der Waals surface area contributed by atoms with Crippen LogP contribution in [0.5, 0.6) is 11.5 Å². The summed E-state index contributed by atoms with van der Waals surface area (Å²) in [7, 11) is 0. The summed E-state index contributed by atoms with van der Waals surface area (Å²) in [6, 6.07) is 5.02. The molecule has 1 aliphatic heterocycles. The Morgan fingerprint density at radius 1 is 1.17 bits per heavy atom. The lowest BCUT2D eigenvalue weighted by atomic mass is 9.93. The van der Waals surface area contributed by atoms with Crippen molar-refractivity contribution in [1.82, 2.24) is 0 Å². The van der Waals surface area contributed by atoms with E-state index in [9.17, 15) is 10.2 Å². The zero-order valence-electron chi connectivity index (χ0n) is 14.9. The minimum atomic E-state index is -0.680. The molecule has 0 spiro atoms. The van der Waals surface area contributed by atoms with Gasteiger partial charge in [0.15, 0.2) is 5.60 Å². The highest BCUT2D eigenvalue weighted by Crippen LogP contribution is 2.35. The molecule has 3 heteroatoms. The van der Waals surface area contributed by atoms with Crippen molar-refractivity contribution in [2.24, 2.45) is 0 Å². The summed E-state index contributed by atoms with van der Waals surface area (Å²) < 4.78 is 6.03. The molecule has 2 N–H and O–H groups in total. The summed E-state index contributed by atoms with van der Waals surface area (Å²) >= 11 is 0. The number of ether oxygens (including phenoxy) is 1. The Bertz CT molecular complexity index is 651. The van der Waals surface area contributed by atoms with Crippen LogP contribution < -0.4 is 4.74 Å². The van der Waals surface area contributed by atoms with Crippen LogP contribution in [0.3, 0.4) is 0 Å². The van der Waals surface area contributed by atoms with Crippen molar-refractivity contribution in [3.05, 3.63) is 53.1 Å². The molecule has 130 valence electrons. The second-order valence-electron chi connectivity index (χ2n) is 6.79. The van der Waals surface area contributed by atoms with Gasteiger partial charge in [-0.2, -0.15) is 0 Å². The monoisotopic (exact) mass is 328 g/mol. The molecule has 1 atom stereocenters. The number of benzene rings is 1. The second-order valence-corrected chi connectivity index (χ2v) is 6.79. The normalized spacial score (nSPS) is 19.6. The molecule has 1 unspecified atom stereocenters. The van der Waals surface area contributed by atoms with E-state index < -0.39 is 5.60 Å². The van der Waals surface area contributed by atoms with Crippen LogP contribution in [0.15, 0.2) is 47.6 Å². The molecule has 1 aromatic rings. The molecule has 0 bridgehead atoms. The maximum Gasteiger partial charge on any atom is 0.151 e. The van der Waals surface area contributed by atoms with Gasteiger partial charge >= 0.3 is 0 Å². The third-order valence-corrected chi connectivity index (χ3v) is 4.29. The number of fused-ring (bicyclic) bond motifs is 1. The molecule has 0 aliphatic carbocycles. The fraction of sp³-hybridized carbons (Fsp3) is 0.429. The predicted molar refractivity (Wildman–Crippen MR) is 99.2 cm³/mol. The lowest BCUT2D eigenvalue weighted by molar-refractivity contribution is 0.0418. The van der Waals surface area contributed by atoms with Crippen molar-refractivity contribution in [3.8, 4) is 11.5 Å². The van der Waals surface area contributed by atoms with Gasteiger partial charge in [-0.3, -0.25) is 0 Å². The smallest absolute Gasteiger partial charge is 0.151 e. The molecule has 3 nitrogen and oxygen atoms in total. The lowest BCUT2D eigenvalue weighted by Gasteiger charge is -2.33. The first-order valence-electron chi connectivity index (χ1n) is 8.55. The molecule has 1 heterocycles. The van der Waals surface area contributed by atoms with Crippen molar-refractivity contribution < 1.29 is 14.9 Å². The molecule has 2 rings (SSSR count). The van der Waals surface area contributed by atoms with E-state index in [0.29, 0.717) is 5.75 Å². The number of phenolic OH excluding ortho intramolecular Hbond substituents is 1. The van der Waals surface area contributed by atoms with E-state index in [2.05, 4.69) is 32.9 Å². The SMILES string of the molecule is CC(C)=CCCC(C)=CCCC1(CO)C=Cc2cc(O)ccc2O1. The van der Waals surface area contributed by atoms with E-state index in [1.807, 2.05) is 12.2 Å². The van der Waals surface area contributed by atoms with Crippen LogP contribution in [0.25, 0.3) is 6.08 Å². The number of rotatable bonds is 7. The molecule has 1 aromatic carbocycles. The van der Waals surface area contributed by atoms with Crippen LogP contribution in [0.4, 0.5) is 0 Å². The van der Waals surface area contributed by atoms with Gasteiger partial charge in [-0.15, -0.1) is 0 Å². The molecule has 0 fully saturated rings. The van der Waals surface area contributed by atoms with Crippen molar-refractivity contribution in [2.45, 2.75) is 52.1 Å². The topological polar surface area (TPSA) is 49.7 Å². The summed E-state index contributed by atoms with van der Waals surface area (Å²) in [5, 5.41) is 19.4. The molecule has 0 amide bonds. The molecular formula is C21H28O3. The van der Waals surface area contributed by atoms with Crippen molar-refractivity contribution >= 4 is 6.08 Å². The average Bonchev–Trinajstić information content (AvgIpc) is 2.54. The lowest BCUT2D eigenvalue weighted by Crippen LogP contribution is -2.39. The maximum atomic E-state index is 9.84. The van der Waals surface area contributed by atoms with Crippen LogP contribution in [0, 0.1) is 0 Å². The zero-order valence-corrected chi connectivity index (χ0v) is 14.9. The maximum absolute atomic E-state index is 9.84. The Hall–Kier alpha value is -2.00. The van der Waals surface area contributed by atoms with E-state index >= 15 is 0 Å². The summed E-state index contributed by atoms with van der Waals surface area (Å²) in [6.45, 7) is 6.33. The minimum absolute atomic E-state index is 0.0610. The van der Waals surface area contributed by atoms with Crippen molar-refractivity contribution in [2.75, 3.05) is 6.61 Å². The molecule has 0 saturated carbocycles. The highest BCUT2D eigenvalue weighted by Gasteiger charge is 2.31. The van der Waals surface area contributed by atoms with E-state index in [0.717, 1.165) is 31.2 Å². The van der Waals surface area contributed by atoms with Crippen LogP contribution in [0.2, 0.25) is 0 Å². The summed E-state index contributed by atoms with van der Waals surface area (Å²) in [4.78, 5) is 0. The molecule has 0 saturated heterocycles. The fourth-order valence-corrected chi connectivity index (χ4v) is 2.81. The number of hydrogen-bond donors (Lipinski definition) is 2. The summed E-state index contributed by atoms with van der Waals surface area (Å²) in [5.74, 6) is 0.919. The van der Waals surface area contributed by atoms with Gasteiger partial charge in [-0.25, -0.2) is 0 Å². The Kier molecular flexibility index (Phi) is 6.27. The van der Waals surface area contributed by atoms with Crippen LogP contribution in [0.1, 0.15) is 52.0 Å². The first-order valence-corrected chi connectivity index (χ1v) is 8.55. The average molecular weight is 328 g/mol. The number of aromatic hydroxyl groups is 1. The van der Waals surface area contributed by atoms with Gasteiger partial charge in [0.05, 0.1) is 6.61 Å². The third kappa shape index (κ3) is 5.00. The molecular weight excluding hydrogens is 300 g/mol. The molecule has 24 heavy (non-hydrogen) atoms. The number of hydrogen-bond acceptors (Lipinski definition) is 3. The molecule has 1 aliphatic rings. The zero-order chi connectivity index (χ0) is 17.6. The second kappa shape index (κ2) is 8.20. The first-order chi connectivity index (χ1) is 11.4. The van der Waals surface area contributed by atoms with Crippen molar-refractivity contribution in [1.29, 1.82) is 0 Å². The van der Waals surface area contributed by atoms with Crippen LogP contribution in [-0.2, 0) is 0 Å². The van der Waals surface area contributed by atoms with Gasteiger partial charge in [0.25, 0.3) is 0 Å². The van der Waals surface area contributed by atoms with E-state index in [1.54, 1.807) is 18.2 Å². The van der Waals surface area contributed by atoms with Gasteiger partial charge in [0, 0.05) is 5.56 Å². The Labute approximate surface area is 145 Å². The fourth-order valence-electron chi connectivity index (χ4n) is 2.81. The van der Waals surface area contributed by atoms with E-state index in [1.165, 1.54) is 11.1 Å². The van der Waals surface area contributed by atoms with Gasteiger partial charge in [0.1, 0.15) is 11.5 Å². The highest BCUT2D eigenvalue weighted by molar-refractivity contribution is 5.62. The Balaban J connectivity index is 1.96. The first kappa shape index (κ1) is 18.3. The third-order valence-electron chi connectivity index (χ3n) is 4.29. The summed E-state index contributed by atoms with van der Waals surface area (Å²) in [6.07, 6.45) is 12.0. The molecule has 0 radical (unpaired) electrons. The Morgan fingerprint density at radius 3 is 2.67 bits per heavy atom. The Morgan fingerprint density at radius 2 is 1.96 bits per heavy atom. The van der Waals surface area contributed by atoms with Gasteiger partial charge in [0.2, 0.25) is 0 Å². The van der Waals surface area contributed by atoms with Gasteiger partial charge in [-0.05, 0) is 70.7 Å². The van der Waals surface area contributed by atoms with E-state index in [-0.39, 0.29) is 12.4 Å². The van der Waals surface area contributed by atoms with Gasteiger partial charge < -0.3 is 14.9 Å². The number of aliphatic hydroxyl groups excluding tert-OH is 1. The standard InChI is InChI=1S/C21H28O3/c1-16(2)6-4-7-17(3)8-5-12-21(15-22)13-11-18-14-19(23)9-10-20(18)24-21/h6,8-11,13-14,22-23H,4-5,7,12,15H2,1-3H3. The minimum Gasteiger partial charge on any atom is -0.508 e. The van der Waals surface area contributed by atoms with Crippen molar-refractivity contribution in [3.63, 3.8) is 0 Å². The number of aliphatic hydroxyl groups is 1.